The summed E-state index contributed by atoms with van der Waals surface area (Å²) in [7, 11) is -2.35. The van der Waals surface area contributed by atoms with E-state index < -0.39 is 28.1 Å². The Kier molecular flexibility index (Phi) is 13.0. The minimum atomic E-state index is -3.95. The van der Waals surface area contributed by atoms with Gasteiger partial charge in [-0.3, -0.25) is 9.59 Å². The van der Waals surface area contributed by atoms with Crippen LogP contribution in [-0.2, 0) is 37.5 Å². The number of carboxylic acid groups (broad SMARTS) is 1. The number of methoxy groups -OCH3 is 1. The molecular formula is C38H43N5O8S. The van der Waals surface area contributed by atoms with E-state index in [1.165, 1.54) is 10.5 Å². The Morgan fingerprint density at radius 2 is 1.65 bits per heavy atom. The number of carbonyl (C=O) groups excluding carboxylic acids is 1. The minimum absolute atomic E-state index is 0.0344. The van der Waals surface area contributed by atoms with Gasteiger partial charge >= 0.3 is 5.97 Å². The number of carbonyl (C=O) groups is 2. The van der Waals surface area contributed by atoms with Gasteiger partial charge in [-0.15, -0.1) is 0 Å². The lowest BCUT2D eigenvalue weighted by Gasteiger charge is -2.36. The summed E-state index contributed by atoms with van der Waals surface area (Å²) in [6.45, 7) is 5.81. The lowest BCUT2D eigenvalue weighted by atomic mass is 10.1. The van der Waals surface area contributed by atoms with E-state index in [1.54, 1.807) is 27.0 Å². The van der Waals surface area contributed by atoms with Gasteiger partial charge in [-0.05, 0) is 53.9 Å². The van der Waals surface area contributed by atoms with Gasteiger partial charge in [0.15, 0.2) is 0 Å². The molecular weight excluding hydrogens is 687 g/mol. The third-order valence-electron chi connectivity index (χ3n) is 8.35. The number of hydrogen-bond acceptors (Lipinski definition) is 9. The number of rotatable bonds is 15. The van der Waals surface area contributed by atoms with Crippen molar-refractivity contribution in [3.63, 3.8) is 0 Å². The highest BCUT2D eigenvalue weighted by atomic mass is 32.2. The van der Waals surface area contributed by atoms with Crippen LogP contribution in [-0.4, -0.2) is 87.2 Å². The maximum atomic E-state index is 12.8. The van der Waals surface area contributed by atoms with Crippen LogP contribution in [0.15, 0.2) is 83.4 Å². The van der Waals surface area contributed by atoms with Crippen molar-refractivity contribution < 1.29 is 37.0 Å². The number of nitrogens with zero attached hydrogens (tertiary/aromatic N) is 3. The molecule has 1 saturated heterocycles. The molecule has 52 heavy (non-hydrogen) atoms. The Bertz CT molecular complexity index is 1980. The van der Waals surface area contributed by atoms with Crippen molar-refractivity contribution in [2.24, 2.45) is 5.92 Å². The fourth-order valence-corrected chi connectivity index (χ4v) is 6.95. The molecule has 3 N–H and O–H groups in total. The predicted molar refractivity (Wildman–Crippen MR) is 196 cm³/mol. The summed E-state index contributed by atoms with van der Waals surface area (Å²) in [5.41, 5.74) is 4.00. The standard InChI is InChI=1S/C38H43N5O8S/c1-27(2)36(38(45)46)41-52(47,48)43-19-17-42(18-20-43)31-14-11-28(12-15-31)9-10-29-13-16-34(50-22-21-49-3)33(23-29)37-40-26-32(51-37)24-35(44)39-25-30-7-5-4-6-8-30/h4-8,11-16,23,26-27,36,41H,17-22,24-25H2,1-3H3,(H,39,44)(H,45,46)/t36-/m1/s1. The maximum Gasteiger partial charge on any atom is 0.322 e. The number of hydrogen-bond donors (Lipinski definition) is 3. The van der Waals surface area contributed by atoms with Crippen molar-refractivity contribution in [3.8, 4) is 29.0 Å². The molecule has 0 radical (unpaired) electrons. The van der Waals surface area contributed by atoms with Crippen LogP contribution in [0.4, 0.5) is 5.69 Å². The number of piperazine rings is 1. The summed E-state index contributed by atoms with van der Waals surface area (Å²) >= 11 is 0. The van der Waals surface area contributed by atoms with Gasteiger partial charge in [0.05, 0.1) is 24.8 Å². The molecule has 0 bridgehead atoms. The first kappa shape index (κ1) is 38.0. The van der Waals surface area contributed by atoms with E-state index in [2.05, 4.69) is 31.8 Å². The van der Waals surface area contributed by atoms with E-state index >= 15 is 0 Å². The van der Waals surface area contributed by atoms with E-state index in [0.717, 1.165) is 16.8 Å². The number of carboxylic acids is 1. The zero-order valence-electron chi connectivity index (χ0n) is 29.4. The quantitative estimate of drug-likeness (QED) is 0.122. The third-order valence-corrected chi connectivity index (χ3v) is 9.94. The van der Waals surface area contributed by atoms with E-state index in [-0.39, 0.29) is 25.4 Å². The Morgan fingerprint density at radius 3 is 2.33 bits per heavy atom. The molecule has 4 aromatic rings. The van der Waals surface area contributed by atoms with Crippen LogP contribution in [0.1, 0.15) is 36.3 Å². The Morgan fingerprint density at radius 1 is 0.962 bits per heavy atom. The molecule has 1 fully saturated rings. The molecule has 0 spiro atoms. The van der Waals surface area contributed by atoms with E-state index in [0.29, 0.717) is 61.4 Å². The first-order chi connectivity index (χ1) is 25.0. The summed E-state index contributed by atoms with van der Waals surface area (Å²) in [5.74, 6) is 5.85. The van der Waals surface area contributed by atoms with Crippen molar-refractivity contribution >= 4 is 27.8 Å². The molecule has 1 amide bonds. The molecule has 1 atom stereocenters. The van der Waals surface area contributed by atoms with Crippen molar-refractivity contribution in [2.45, 2.75) is 32.9 Å². The largest absolute Gasteiger partial charge is 0.490 e. The fraction of sp³-hybridized carbons (Fsp3) is 0.342. The molecule has 13 nitrogen and oxygen atoms in total. The first-order valence-electron chi connectivity index (χ1n) is 16.9. The zero-order valence-corrected chi connectivity index (χ0v) is 30.2. The van der Waals surface area contributed by atoms with Crippen LogP contribution < -0.4 is 19.7 Å². The molecule has 5 rings (SSSR count). The van der Waals surface area contributed by atoms with Crippen LogP contribution in [0, 0.1) is 17.8 Å². The lowest BCUT2D eigenvalue weighted by molar-refractivity contribution is -0.140. The molecule has 1 aliphatic heterocycles. The van der Waals surface area contributed by atoms with Gasteiger partial charge in [0.25, 0.3) is 10.2 Å². The van der Waals surface area contributed by atoms with E-state index in [1.807, 2.05) is 66.7 Å². The lowest BCUT2D eigenvalue weighted by Crippen LogP contribution is -2.55. The van der Waals surface area contributed by atoms with Crippen molar-refractivity contribution in [2.75, 3.05) is 51.4 Å². The molecule has 1 aliphatic rings. The highest BCUT2D eigenvalue weighted by Crippen LogP contribution is 2.31. The van der Waals surface area contributed by atoms with Gasteiger partial charge in [0.1, 0.15) is 24.2 Å². The number of oxazole rings is 1. The normalized spacial score (nSPS) is 14.0. The molecule has 1 aromatic heterocycles. The maximum absolute atomic E-state index is 12.8. The number of anilines is 1. The van der Waals surface area contributed by atoms with Crippen LogP contribution in [0.5, 0.6) is 5.75 Å². The van der Waals surface area contributed by atoms with Crippen LogP contribution in [0.25, 0.3) is 11.5 Å². The molecule has 0 saturated carbocycles. The summed E-state index contributed by atoms with van der Waals surface area (Å²) in [6.07, 6.45) is 1.57. The fourth-order valence-electron chi connectivity index (χ4n) is 5.46. The molecule has 14 heteroatoms. The number of ether oxygens (including phenoxy) is 2. The van der Waals surface area contributed by atoms with Crippen molar-refractivity contribution in [1.29, 1.82) is 0 Å². The predicted octanol–water partition coefficient (Wildman–Crippen LogP) is 3.69. The van der Waals surface area contributed by atoms with E-state index in [9.17, 15) is 23.1 Å². The van der Waals surface area contributed by atoms with Crippen LogP contribution in [0.3, 0.4) is 0 Å². The number of aromatic nitrogens is 1. The van der Waals surface area contributed by atoms with Gasteiger partial charge in [-0.2, -0.15) is 17.4 Å². The smallest absolute Gasteiger partial charge is 0.322 e. The monoisotopic (exact) mass is 729 g/mol. The first-order valence-corrected chi connectivity index (χ1v) is 18.3. The number of benzene rings is 3. The van der Waals surface area contributed by atoms with Gasteiger partial charge in [-0.25, -0.2) is 4.98 Å². The number of nitrogens with one attached hydrogen (secondary N) is 2. The van der Waals surface area contributed by atoms with Gasteiger partial charge in [-0.1, -0.05) is 56.0 Å². The Balaban J connectivity index is 1.22. The van der Waals surface area contributed by atoms with Crippen LogP contribution in [0.2, 0.25) is 0 Å². The summed E-state index contributed by atoms with van der Waals surface area (Å²) in [5, 5.41) is 12.3. The average Bonchev–Trinajstić information content (AvgIpc) is 3.61. The van der Waals surface area contributed by atoms with Crippen LogP contribution >= 0.6 is 0 Å². The van der Waals surface area contributed by atoms with E-state index in [4.69, 9.17) is 13.9 Å². The van der Waals surface area contributed by atoms with Crippen molar-refractivity contribution in [3.05, 3.63) is 101 Å². The Labute approximate surface area is 304 Å². The molecule has 0 unspecified atom stereocenters. The molecule has 3 aromatic carbocycles. The molecule has 2 heterocycles. The van der Waals surface area contributed by atoms with Gasteiger partial charge in [0.2, 0.25) is 11.8 Å². The summed E-state index contributed by atoms with van der Waals surface area (Å²) < 4.78 is 46.4. The minimum Gasteiger partial charge on any atom is -0.490 e. The highest BCUT2D eigenvalue weighted by molar-refractivity contribution is 7.87. The molecule has 274 valence electrons. The van der Waals surface area contributed by atoms with Gasteiger partial charge in [0, 0.05) is 56.6 Å². The topological polar surface area (TPSA) is 164 Å². The van der Waals surface area contributed by atoms with Crippen molar-refractivity contribution in [1.82, 2.24) is 19.3 Å². The Hall–Kier alpha value is -5.20. The second-order valence-corrected chi connectivity index (χ2v) is 14.2. The highest BCUT2D eigenvalue weighted by Gasteiger charge is 2.33. The number of aliphatic carboxylic acids is 1. The average molecular weight is 730 g/mol. The molecule has 0 aliphatic carbocycles. The summed E-state index contributed by atoms with van der Waals surface area (Å²) in [6, 6.07) is 21.6. The number of amides is 1. The SMILES string of the molecule is COCCOc1ccc(C#Cc2ccc(N3CCN(S(=O)(=O)N[C@@H](C(=O)O)C(C)C)CC3)cc2)cc1-c1ncc(CC(=O)NCc2ccccc2)o1. The van der Waals surface area contributed by atoms with Gasteiger partial charge < -0.3 is 29.2 Å². The second-order valence-electron chi connectivity index (χ2n) is 12.5. The summed E-state index contributed by atoms with van der Waals surface area (Å²) in [4.78, 5) is 30.6. The second kappa shape index (κ2) is 17.8. The third kappa shape index (κ3) is 10.4. The zero-order chi connectivity index (χ0) is 37.1.